The minimum atomic E-state index is -0.219. The molecule has 0 spiro atoms. The Balaban J connectivity index is 2.06. The van der Waals surface area contributed by atoms with Crippen molar-refractivity contribution in [2.75, 3.05) is 11.4 Å². The number of fused-ring (bicyclic) bond motifs is 1. The Labute approximate surface area is 106 Å². The highest BCUT2D eigenvalue weighted by molar-refractivity contribution is 9.10. The Bertz CT molecular complexity index is 573. The molecular formula is C12H9BrFN3. The molecule has 1 aliphatic heterocycles. The van der Waals surface area contributed by atoms with Gasteiger partial charge in [0.2, 0.25) is 0 Å². The van der Waals surface area contributed by atoms with Crippen LogP contribution in [-0.4, -0.2) is 16.5 Å². The molecule has 0 N–H and O–H groups in total. The first kappa shape index (κ1) is 10.7. The molecule has 0 atom stereocenters. The van der Waals surface area contributed by atoms with Gasteiger partial charge in [-0.3, -0.25) is 0 Å². The topological polar surface area (TPSA) is 29.0 Å². The zero-order valence-electron chi connectivity index (χ0n) is 8.90. The Morgan fingerprint density at radius 2 is 2.12 bits per heavy atom. The number of benzene rings is 1. The molecular weight excluding hydrogens is 285 g/mol. The van der Waals surface area contributed by atoms with Crippen molar-refractivity contribution in [2.45, 2.75) is 6.42 Å². The molecule has 0 saturated heterocycles. The van der Waals surface area contributed by atoms with Crippen molar-refractivity contribution in [3.05, 3.63) is 46.6 Å². The normalized spacial score (nSPS) is 13.9. The van der Waals surface area contributed by atoms with Crippen LogP contribution in [0.4, 0.5) is 15.9 Å². The largest absolute Gasteiger partial charge is 0.326 e. The number of hydrogen-bond acceptors (Lipinski definition) is 3. The molecule has 1 aliphatic rings. The number of hydrogen-bond donors (Lipinski definition) is 0. The van der Waals surface area contributed by atoms with Crippen LogP contribution in [0.5, 0.6) is 0 Å². The van der Waals surface area contributed by atoms with E-state index in [4.69, 9.17) is 0 Å². The highest BCUT2D eigenvalue weighted by Crippen LogP contribution is 2.34. The molecule has 1 aromatic heterocycles. The van der Waals surface area contributed by atoms with E-state index in [1.165, 1.54) is 12.4 Å². The van der Waals surface area contributed by atoms with Crippen molar-refractivity contribution in [1.29, 1.82) is 0 Å². The first-order valence-electron chi connectivity index (χ1n) is 5.27. The molecule has 0 unspecified atom stereocenters. The summed E-state index contributed by atoms with van der Waals surface area (Å²) < 4.78 is 14.0. The van der Waals surface area contributed by atoms with Crippen LogP contribution in [0.3, 0.4) is 0 Å². The van der Waals surface area contributed by atoms with Crippen molar-refractivity contribution in [2.24, 2.45) is 0 Å². The maximum absolute atomic E-state index is 13.3. The lowest BCUT2D eigenvalue weighted by Crippen LogP contribution is -2.14. The summed E-state index contributed by atoms with van der Waals surface area (Å²) >= 11 is 3.31. The second-order valence-electron chi connectivity index (χ2n) is 3.87. The molecule has 3 nitrogen and oxygen atoms in total. The number of nitrogens with zero attached hydrogens (tertiary/aromatic N) is 3. The zero-order valence-corrected chi connectivity index (χ0v) is 10.5. The quantitative estimate of drug-likeness (QED) is 0.757. The monoisotopic (exact) mass is 293 g/mol. The third-order valence-electron chi connectivity index (χ3n) is 2.84. The lowest BCUT2D eigenvalue weighted by atomic mass is 10.2. The minimum absolute atomic E-state index is 0.219. The maximum Gasteiger partial charge on any atom is 0.137 e. The van der Waals surface area contributed by atoms with Crippen molar-refractivity contribution in [1.82, 2.24) is 9.97 Å². The Morgan fingerprint density at radius 3 is 2.94 bits per heavy atom. The van der Waals surface area contributed by atoms with Gasteiger partial charge in [0.1, 0.15) is 22.6 Å². The maximum atomic E-state index is 13.3. The second-order valence-corrected chi connectivity index (χ2v) is 4.69. The van der Waals surface area contributed by atoms with Crippen molar-refractivity contribution < 1.29 is 4.39 Å². The molecule has 0 fully saturated rings. The summed E-state index contributed by atoms with van der Waals surface area (Å²) in [6, 6.07) is 6.72. The van der Waals surface area contributed by atoms with Gasteiger partial charge in [-0.2, -0.15) is 0 Å². The molecule has 2 heterocycles. The summed E-state index contributed by atoms with van der Waals surface area (Å²) in [5, 5.41) is 0. The fourth-order valence-electron chi connectivity index (χ4n) is 2.06. The third kappa shape index (κ3) is 1.91. The van der Waals surface area contributed by atoms with E-state index in [1.54, 1.807) is 6.07 Å². The highest BCUT2D eigenvalue weighted by atomic mass is 79.9. The molecule has 3 rings (SSSR count). The molecule has 5 heteroatoms. The van der Waals surface area contributed by atoms with Gasteiger partial charge in [-0.15, -0.1) is 0 Å². The van der Waals surface area contributed by atoms with Gasteiger partial charge in [0.15, 0.2) is 0 Å². The average Bonchev–Trinajstić information content (AvgIpc) is 2.71. The lowest BCUT2D eigenvalue weighted by molar-refractivity contribution is 0.628. The molecule has 0 bridgehead atoms. The van der Waals surface area contributed by atoms with E-state index in [-0.39, 0.29) is 5.82 Å². The average molecular weight is 294 g/mol. The second kappa shape index (κ2) is 4.07. The standard InChI is InChI=1S/C12H9BrFN3/c13-11-6-12(16-7-15-11)17-4-3-8-1-2-9(14)5-10(8)17/h1-2,5-7H,3-4H2. The van der Waals surface area contributed by atoms with E-state index in [0.717, 1.165) is 34.6 Å². The smallest absolute Gasteiger partial charge is 0.137 e. The van der Waals surface area contributed by atoms with E-state index in [1.807, 2.05) is 17.0 Å². The molecule has 0 aliphatic carbocycles. The van der Waals surface area contributed by atoms with E-state index in [2.05, 4.69) is 25.9 Å². The third-order valence-corrected chi connectivity index (χ3v) is 3.27. The summed E-state index contributed by atoms with van der Waals surface area (Å²) in [4.78, 5) is 10.2. The number of halogens is 2. The number of aromatic nitrogens is 2. The van der Waals surface area contributed by atoms with Crippen LogP contribution >= 0.6 is 15.9 Å². The van der Waals surface area contributed by atoms with Crippen molar-refractivity contribution in [3.63, 3.8) is 0 Å². The minimum Gasteiger partial charge on any atom is -0.326 e. The van der Waals surface area contributed by atoms with Gasteiger partial charge in [0.05, 0.1) is 0 Å². The fourth-order valence-corrected chi connectivity index (χ4v) is 2.36. The molecule has 17 heavy (non-hydrogen) atoms. The predicted molar refractivity (Wildman–Crippen MR) is 66.8 cm³/mol. The van der Waals surface area contributed by atoms with E-state index >= 15 is 0 Å². The first-order chi connectivity index (χ1) is 8.24. The van der Waals surface area contributed by atoms with Crippen LogP contribution in [0.2, 0.25) is 0 Å². The van der Waals surface area contributed by atoms with Crippen LogP contribution in [0, 0.1) is 5.82 Å². The molecule has 2 aromatic rings. The SMILES string of the molecule is Fc1ccc2c(c1)N(c1cc(Br)ncn1)CC2. The van der Waals surface area contributed by atoms with Gasteiger partial charge in [-0.05, 0) is 40.0 Å². The summed E-state index contributed by atoms with van der Waals surface area (Å²) in [6.45, 7) is 0.822. The van der Waals surface area contributed by atoms with Crippen LogP contribution in [0.25, 0.3) is 0 Å². The zero-order chi connectivity index (χ0) is 11.8. The number of anilines is 2. The molecule has 1 aromatic carbocycles. The molecule has 0 radical (unpaired) electrons. The highest BCUT2D eigenvalue weighted by Gasteiger charge is 2.21. The summed E-state index contributed by atoms with van der Waals surface area (Å²) in [5.74, 6) is 0.569. The van der Waals surface area contributed by atoms with E-state index in [0.29, 0.717) is 0 Å². The molecule has 0 saturated carbocycles. The lowest BCUT2D eigenvalue weighted by Gasteiger charge is -2.18. The predicted octanol–water partition coefficient (Wildman–Crippen LogP) is 3.07. The van der Waals surface area contributed by atoms with Crippen LogP contribution in [0.15, 0.2) is 35.2 Å². The van der Waals surface area contributed by atoms with Gasteiger partial charge < -0.3 is 4.90 Å². The van der Waals surface area contributed by atoms with Gasteiger partial charge >= 0.3 is 0 Å². The molecule has 0 amide bonds. The van der Waals surface area contributed by atoms with Gasteiger partial charge in [0, 0.05) is 18.3 Å². The van der Waals surface area contributed by atoms with Gasteiger partial charge in [0.25, 0.3) is 0 Å². The summed E-state index contributed by atoms with van der Waals surface area (Å²) in [7, 11) is 0. The Kier molecular flexibility index (Phi) is 2.55. The van der Waals surface area contributed by atoms with Crippen molar-refractivity contribution in [3.8, 4) is 0 Å². The summed E-state index contributed by atoms with van der Waals surface area (Å²) in [5.41, 5.74) is 2.05. The van der Waals surface area contributed by atoms with Crippen LogP contribution in [0.1, 0.15) is 5.56 Å². The van der Waals surface area contributed by atoms with E-state index < -0.39 is 0 Å². The van der Waals surface area contributed by atoms with Gasteiger partial charge in [-0.1, -0.05) is 6.07 Å². The Morgan fingerprint density at radius 1 is 1.24 bits per heavy atom. The first-order valence-corrected chi connectivity index (χ1v) is 6.07. The number of rotatable bonds is 1. The van der Waals surface area contributed by atoms with Crippen LogP contribution < -0.4 is 4.90 Å². The van der Waals surface area contributed by atoms with E-state index in [9.17, 15) is 4.39 Å². The summed E-state index contributed by atoms with van der Waals surface area (Å²) in [6.07, 6.45) is 2.41. The van der Waals surface area contributed by atoms with Crippen molar-refractivity contribution >= 4 is 27.4 Å². The Hall–Kier alpha value is -1.49. The molecule has 86 valence electrons. The fraction of sp³-hybridized carbons (Fsp3) is 0.167. The van der Waals surface area contributed by atoms with Gasteiger partial charge in [-0.25, -0.2) is 14.4 Å². The van der Waals surface area contributed by atoms with Crippen LogP contribution in [-0.2, 0) is 6.42 Å².